The Bertz CT molecular complexity index is 1300. The van der Waals surface area contributed by atoms with Crippen LogP contribution in [-0.2, 0) is 4.74 Å². The molecule has 0 unspecified atom stereocenters. The molecule has 1 aromatic heterocycles. The monoisotopic (exact) mass is 473 g/mol. The summed E-state index contributed by atoms with van der Waals surface area (Å²) >= 11 is 3.45. The number of rotatable bonds is 5. The lowest BCUT2D eigenvalue weighted by Gasteiger charge is -2.11. The third kappa shape index (κ3) is 4.57. The van der Waals surface area contributed by atoms with Crippen molar-refractivity contribution in [3.05, 3.63) is 99.5 Å². The highest BCUT2D eigenvalue weighted by Crippen LogP contribution is 2.27. The highest BCUT2D eigenvalue weighted by atomic mass is 79.9. The summed E-state index contributed by atoms with van der Waals surface area (Å²) in [5.74, 6) is -0.792. The second-order valence-corrected chi connectivity index (χ2v) is 8.30. The second kappa shape index (κ2) is 8.82. The van der Waals surface area contributed by atoms with Gasteiger partial charge in [0.1, 0.15) is 0 Å². The molecule has 0 amide bonds. The van der Waals surface area contributed by atoms with Crippen molar-refractivity contribution in [3.8, 4) is 11.3 Å². The molecular weight excluding hydrogens is 454 g/mol. The normalized spacial score (nSPS) is 10.8. The molecule has 4 rings (SSSR count). The number of ketones is 1. The van der Waals surface area contributed by atoms with E-state index >= 15 is 0 Å². The number of halogens is 1. The number of Topliss-reactive ketones (excluding diaryl/α,β-unsaturated/α-hetero) is 1. The van der Waals surface area contributed by atoms with E-state index < -0.39 is 5.97 Å². The Labute approximate surface area is 189 Å². The van der Waals surface area contributed by atoms with Crippen molar-refractivity contribution in [1.82, 2.24) is 4.98 Å². The quantitative estimate of drug-likeness (QED) is 0.251. The Kier molecular flexibility index (Phi) is 5.96. The van der Waals surface area contributed by atoms with Crippen LogP contribution in [0.5, 0.6) is 0 Å². The molecule has 0 fully saturated rings. The first kappa shape index (κ1) is 20.9. The van der Waals surface area contributed by atoms with Crippen molar-refractivity contribution in [3.63, 3.8) is 0 Å². The van der Waals surface area contributed by atoms with E-state index in [4.69, 9.17) is 9.72 Å². The molecule has 0 saturated heterocycles. The van der Waals surface area contributed by atoms with Gasteiger partial charge in [-0.05, 0) is 55.3 Å². The molecule has 0 spiro atoms. The molecule has 1 heterocycles. The third-order valence-electron chi connectivity index (χ3n) is 5.22. The maximum atomic E-state index is 13.0. The number of hydrogen-bond acceptors (Lipinski definition) is 4. The molecular formula is C26H20BrNO3. The molecule has 0 radical (unpaired) electrons. The molecule has 5 heteroatoms. The number of ether oxygens (including phenoxy) is 1. The van der Waals surface area contributed by atoms with Gasteiger partial charge < -0.3 is 4.74 Å². The Morgan fingerprint density at radius 2 is 1.68 bits per heavy atom. The molecule has 0 aliphatic carbocycles. The van der Waals surface area contributed by atoms with E-state index in [1.54, 1.807) is 12.1 Å². The van der Waals surface area contributed by atoms with Gasteiger partial charge in [-0.25, -0.2) is 9.78 Å². The van der Waals surface area contributed by atoms with E-state index in [-0.39, 0.29) is 12.4 Å². The fraction of sp³-hybridized carbons (Fsp3) is 0.115. The third-order valence-corrected chi connectivity index (χ3v) is 5.72. The zero-order valence-corrected chi connectivity index (χ0v) is 18.8. The van der Waals surface area contributed by atoms with Crippen molar-refractivity contribution in [2.45, 2.75) is 13.8 Å². The summed E-state index contributed by atoms with van der Waals surface area (Å²) in [6, 6.07) is 22.4. The number of fused-ring (bicyclic) bond motifs is 1. The summed E-state index contributed by atoms with van der Waals surface area (Å²) in [5.41, 5.74) is 5.28. The van der Waals surface area contributed by atoms with Gasteiger partial charge in [0.2, 0.25) is 0 Å². The summed E-state index contributed by atoms with van der Waals surface area (Å²) < 4.78 is 6.25. The van der Waals surface area contributed by atoms with Gasteiger partial charge in [0.15, 0.2) is 12.4 Å². The first-order chi connectivity index (χ1) is 14.9. The Hall–Kier alpha value is -3.31. The number of benzene rings is 3. The Morgan fingerprint density at radius 1 is 0.903 bits per heavy atom. The van der Waals surface area contributed by atoms with E-state index in [2.05, 4.69) is 15.9 Å². The standard InChI is InChI=1S/C26H20BrNO3/c1-16-8-9-19(12-17(16)2)25(29)15-31-26(30)22-14-24(18-6-4-3-5-7-18)28-23-11-10-20(27)13-21(22)23/h3-14H,15H2,1-2H3. The zero-order valence-electron chi connectivity index (χ0n) is 17.2. The van der Waals surface area contributed by atoms with Gasteiger partial charge in [0.05, 0.1) is 16.8 Å². The van der Waals surface area contributed by atoms with Crippen molar-refractivity contribution in [2.75, 3.05) is 6.61 Å². The van der Waals surface area contributed by atoms with Crippen molar-refractivity contribution >= 4 is 38.6 Å². The number of aromatic nitrogens is 1. The van der Waals surface area contributed by atoms with Crippen LogP contribution in [0.15, 0.2) is 77.3 Å². The number of hydrogen-bond donors (Lipinski definition) is 0. The number of carbonyl (C=O) groups excluding carboxylic acids is 2. The molecule has 4 aromatic rings. The topological polar surface area (TPSA) is 56.3 Å². The van der Waals surface area contributed by atoms with Crippen molar-refractivity contribution < 1.29 is 14.3 Å². The van der Waals surface area contributed by atoms with Gasteiger partial charge in [-0.3, -0.25) is 4.79 Å². The molecule has 31 heavy (non-hydrogen) atoms. The minimum absolute atomic E-state index is 0.237. The first-order valence-corrected chi connectivity index (χ1v) is 10.6. The maximum absolute atomic E-state index is 13.0. The highest BCUT2D eigenvalue weighted by Gasteiger charge is 2.18. The summed E-state index contributed by atoms with van der Waals surface area (Å²) in [4.78, 5) is 30.2. The predicted octanol–water partition coefficient (Wildman–Crippen LogP) is 6.32. The van der Waals surface area contributed by atoms with Gasteiger partial charge in [0.25, 0.3) is 0 Å². The summed E-state index contributed by atoms with van der Waals surface area (Å²) in [7, 11) is 0. The van der Waals surface area contributed by atoms with Crippen LogP contribution in [0.4, 0.5) is 0 Å². The lowest BCUT2D eigenvalue weighted by atomic mass is 10.0. The zero-order chi connectivity index (χ0) is 22.0. The van der Waals surface area contributed by atoms with Crippen molar-refractivity contribution in [1.29, 1.82) is 0 Å². The van der Waals surface area contributed by atoms with Gasteiger partial charge in [0, 0.05) is 21.0 Å². The molecule has 0 aliphatic heterocycles. The van der Waals surface area contributed by atoms with E-state index in [1.807, 2.05) is 74.5 Å². The van der Waals surface area contributed by atoms with Crippen LogP contribution in [0.2, 0.25) is 0 Å². The predicted molar refractivity (Wildman–Crippen MR) is 125 cm³/mol. The number of pyridine rings is 1. The van der Waals surface area contributed by atoms with Crippen molar-refractivity contribution in [2.24, 2.45) is 0 Å². The molecule has 4 nitrogen and oxygen atoms in total. The van der Waals surface area contributed by atoms with Crippen LogP contribution in [0.3, 0.4) is 0 Å². The molecule has 0 saturated carbocycles. The minimum atomic E-state index is -0.556. The minimum Gasteiger partial charge on any atom is -0.454 e. The molecule has 3 aromatic carbocycles. The molecule has 0 bridgehead atoms. The van der Waals surface area contributed by atoms with Crippen LogP contribution in [0.25, 0.3) is 22.2 Å². The van der Waals surface area contributed by atoms with Crippen LogP contribution < -0.4 is 0 Å². The SMILES string of the molecule is Cc1ccc(C(=O)COC(=O)c2cc(-c3ccccc3)nc3ccc(Br)cc23)cc1C. The number of esters is 1. The number of aryl methyl sites for hydroxylation is 2. The van der Waals surface area contributed by atoms with E-state index in [0.717, 1.165) is 21.2 Å². The average molecular weight is 474 g/mol. The average Bonchev–Trinajstić information content (AvgIpc) is 2.79. The van der Waals surface area contributed by atoms with Crippen LogP contribution >= 0.6 is 15.9 Å². The summed E-state index contributed by atoms with van der Waals surface area (Å²) in [6.07, 6.45) is 0. The van der Waals surface area contributed by atoms with Crippen LogP contribution in [0, 0.1) is 13.8 Å². The number of nitrogens with zero attached hydrogens (tertiary/aromatic N) is 1. The van der Waals surface area contributed by atoms with Gasteiger partial charge in [-0.15, -0.1) is 0 Å². The maximum Gasteiger partial charge on any atom is 0.339 e. The summed E-state index contributed by atoms with van der Waals surface area (Å²) in [6.45, 7) is 3.62. The van der Waals surface area contributed by atoms with E-state index in [0.29, 0.717) is 27.7 Å². The van der Waals surface area contributed by atoms with Gasteiger partial charge in [-0.2, -0.15) is 0 Å². The Morgan fingerprint density at radius 3 is 2.42 bits per heavy atom. The first-order valence-electron chi connectivity index (χ1n) is 9.85. The summed E-state index contributed by atoms with van der Waals surface area (Å²) in [5, 5.41) is 0.665. The molecule has 0 atom stereocenters. The number of carbonyl (C=O) groups is 2. The molecule has 0 N–H and O–H groups in total. The van der Waals surface area contributed by atoms with Gasteiger partial charge >= 0.3 is 5.97 Å². The van der Waals surface area contributed by atoms with Crippen LogP contribution in [-0.4, -0.2) is 23.3 Å². The van der Waals surface area contributed by atoms with Gasteiger partial charge in [-0.1, -0.05) is 58.4 Å². The lowest BCUT2D eigenvalue weighted by Crippen LogP contribution is -2.15. The fourth-order valence-corrected chi connectivity index (χ4v) is 3.69. The molecule has 0 aliphatic rings. The Balaban J connectivity index is 1.65. The lowest BCUT2D eigenvalue weighted by molar-refractivity contribution is 0.0476. The van der Waals surface area contributed by atoms with E-state index in [1.165, 1.54) is 0 Å². The highest BCUT2D eigenvalue weighted by molar-refractivity contribution is 9.10. The largest absolute Gasteiger partial charge is 0.454 e. The fourth-order valence-electron chi connectivity index (χ4n) is 3.33. The van der Waals surface area contributed by atoms with Crippen LogP contribution in [0.1, 0.15) is 31.8 Å². The molecule has 154 valence electrons. The second-order valence-electron chi connectivity index (χ2n) is 7.38. The smallest absolute Gasteiger partial charge is 0.339 e. The van der Waals surface area contributed by atoms with E-state index in [9.17, 15) is 9.59 Å².